The molecule has 3 aromatic rings. The lowest BCUT2D eigenvalue weighted by Crippen LogP contribution is -2.29. The Morgan fingerprint density at radius 2 is 2.03 bits per heavy atom. The van der Waals surface area contributed by atoms with Gasteiger partial charge >= 0.3 is 0 Å². The zero-order valence-electron chi connectivity index (χ0n) is 15.9. The predicted octanol–water partition coefficient (Wildman–Crippen LogP) is 2.86. The second-order valence-electron chi connectivity index (χ2n) is 6.81. The fraction of sp³-hybridized carbons (Fsp3) is 0.227. The molecule has 0 aliphatic rings. The van der Waals surface area contributed by atoms with Crippen molar-refractivity contribution < 1.29 is 19.5 Å². The van der Waals surface area contributed by atoms with Gasteiger partial charge in [-0.3, -0.25) is 14.9 Å². The molecule has 0 aliphatic carbocycles. The molecule has 4 N–H and O–H groups in total. The summed E-state index contributed by atoms with van der Waals surface area (Å²) in [6, 6.07) is 13.0. The number of nitrogens with zero attached hydrogens (tertiary/aromatic N) is 1. The lowest BCUT2D eigenvalue weighted by molar-refractivity contribution is -0.124. The van der Waals surface area contributed by atoms with Crippen LogP contribution in [-0.2, 0) is 17.8 Å². The molecule has 0 spiro atoms. The molecule has 1 amide bonds. The molecular weight excluding hydrogens is 373 g/mol. The molecule has 0 saturated carbocycles. The Kier molecular flexibility index (Phi) is 7.13. The van der Waals surface area contributed by atoms with Gasteiger partial charge in [0.15, 0.2) is 0 Å². The number of aromatic nitrogens is 1. The number of nitrogens with one attached hydrogen (secondary N) is 2. The summed E-state index contributed by atoms with van der Waals surface area (Å²) in [5, 5.41) is 19.0. The summed E-state index contributed by atoms with van der Waals surface area (Å²) in [5.74, 6) is -1.06. The van der Waals surface area contributed by atoms with Crippen molar-refractivity contribution in [3.05, 3.63) is 77.2 Å². The molecule has 0 radical (unpaired) electrons. The third kappa shape index (κ3) is 5.74. The quantitative estimate of drug-likeness (QED) is 0.254. The first-order chi connectivity index (χ1) is 14.1. The second-order valence-corrected chi connectivity index (χ2v) is 6.81. The normalized spacial score (nSPS) is 11.6. The van der Waals surface area contributed by atoms with Gasteiger partial charge in [-0.2, -0.15) is 0 Å². The van der Waals surface area contributed by atoms with Crippen LogP contribution in [-0.4, -0.2) is 45.8 Å². The van der Waals surface area contributed by atoms with E-state index in [-0.39, 0.29) is 12.4 Å². The van der Waals surface area contributed by atoms with E-state index in [0.29, 0.717) is 30.8 Å². The highest BCUT2D eigenvalue weighted by atomic mass is 19.1. The average molecular weight is 397 g/mol. The number of halogens is 1. The molecular formula is C22H24FN3O3. The number of hydrogen-bond acceptors (Lipinski definition) is 4. The minimum absolute atomic E-state index is 0.00441. The van der Waals surface area contributed by atoms with E-state index in [1.54, 1.807) is 12.1 Å². The lowest BCUT2D eigenvalue weighted by Gasteiger charge is -2.22. The maximum atomic E-state index is 14.5. The van der Waals surface area contributed by atoms with Crippen LogP contribution >= 0.6 is 0 Å². The van der Waals surface area contributed by atoms with Crippen LogP contribution in [0.3, 0.4) is 0 Å². The highest BCUT2D eigenvalue weighted by molar-refractivity contribution is 5.90. The van der Waals surface area contributed by atoms with Gasteiger partial charge in [-0.05, 0) is 53.3 Å². The van der Waals surface area contributed by atoms with E-state index < -0.39 is 5.91 Å². The largest absolute Gasteiger partial charge is 0.395 e. The van der Waals surface area contributed by atoms with Gasteiger partial charge in [0.1, 0.15) is 5.82 Å². The van der Waals surface area contributed by atoms with Crippen LogP contribution in [0.25, 0.3) is 17.0 Å². The van der Waals surface area contributed by atoms with Crippen LogP contribution in [0.5, 0.6) is 0 Å². The van der Waals surface area contributed by atoms with Crippen molar-refractivity contribution in [3.8, 4) is 0 Å². The van der Waals surface area contributed by atoms with E-state index >= 15 is 0 Å². The highest BCUT2D eigenvalue weighted by Gasteiger charge is 2.10. The van der Waals surface area contributed by atoms with Crippen molar-refractivity contribution in [2.75, 3.05) is 19.7 Å². The first-order valence-electron chi connectivity index (χ1n) is 9.39. The van der Waals surface area contributed by atoms with Gasteiger partial charge in [0.05, 0.1) is 6.61 Å². The molecule has 1 aromatic heterocycles. The zero-order valence-corrected chi connectivity index (χ0v) is 15.9. The number of H-pyrrole nitrogens is 1. The van der Waals surface area contributed by atoms with Crippen molar-refractivity contribution in [1.82, 2.24) is 15.4 Å². The van der Waals surface area contributed by atoms with Crippen molar-refractivity contribution >= 4 is 22.9 Å². The third-order valence-electron chi connectivity index (χ3n) is 4.76. The number of hydroxylamine groups is 1. The molecule has 152 valence electrons. The van der Waals surface area contributed by atoms with Gasteiger partial charge in [-0.1, -0.05) is 18.2 Å². The van der Waals surface area contributed by atoms with E-state index in [4.69, 9.17) is 5.21 Å². The van der Waals surface area contributed by atoms with Crippen LogP contribution in [0.2, 0.25) is 0 Å². The van der Waals surface area contributed by atoms with Gasteiger partial charge in [0, 0.05) is 43.0 Å². The predicted molar refractivity (Wildman–Crippen MR) is 110 cm³/mol. The smallest absolute Gasteiger partial charge is 0.267 e. The fourth-order valence-corrected chi connectivity index (χ4v) is 3.20. The summed E-state index contributed by atoms with van der Waals surface area (Å²) in [7, 11) is 0. The minimum atomic E-state index is -0.679. The summed E-state index contributed by atoms with van der Waals surface area (Å²) >= 11 is 0. The fourth-order valence-electron chi connectivity index (χ4n) is 3.20. The van der Waals surface area contributed by atoms with Gasteiger partial charge in [0.25, 0.3) is 5.91 Å². The van der Waals surface area contributed by atoms with E-state index in [2.05, 4.69) is 17.1 Å². The lowest BCUT2D eigenvalue weighted by atomic mass is 10.1. The number of carbonyl (C=O) groups excluding carboxylic acids is 1. The summed E-state index contributed by atoms with van der Waals surface area (Å²) < 4.78 is 14.5. The number of rotatable bonds is 9. The van der Waals surface area contributed by atoms with E-state index in [9.17, 15) is 14.3 Å². The Hall–Kier alpha value is -3.00. The minimum Gasteiger partial charge on any atom is -0.395 e. The number of aromatic amines is 1. The second kappa shape index (κ2) is 9.97. The Balaban J connectivity index is 1.64. The SMILES string of the molecule is O=C(/C=C/c1ccc(CN(CCO)CCc2ccc3[nH]ccc3c2)c(F)c1)NO. The van der Waals surface area contributed by atoms with Crippen molar-refractivity contribution in [2.45, 2.75) is 13.0 Å². The number of aliphatic hydroxyl groups excluding tert-OH is 1. The molecule has 7 heteroatoms. The summed E-state index contributed by atoms with van der Waals surface area (Å²) in [6.07, 6.45) is 5.24. The first-order valence-corrected chi connectivity index (χ1v) is 9.39. The maximum Gasteiger partial charge on any atom is 0.267 e. The number of hydrogen-bond donors (Lipinski definition) is 4. The highest BCUT2D eigenvalue weighted by Crippen LogP contribution is 2.17. The summed E-state index contributed by atoms with van der Waals surface area (Å²) in [6.45, 7) is 1.51. The molecule has 3 rings (SSSR count). The Bertz CT molecular complexity index is 1000. The summed E-state index contributed by atoms with van der Waals surface area (Å²) in [4.78, 5) is 16.2. The van der Waals surface area contributed by atoms with E-state index in [0.717, 1.165) is 23.4 Å². The van der Waals surface area contributed by atoms with Gasteiger partial charge in [-0.15, -0.1) is 0 Å². The number of fused-ring (bicyclic) bond motifs is 1. The Morgan fingerprint density at radius 1 is 1.17 bits per heavy atom. The van der Waals surface area contributed by atoms with Gasteiger partial charge < -0.3 is 10.1 Å². The standard InChI is InChI=1S/C22H24FN3O3/c23-20-14-16(3-6-22(28)25-29)1-4-19(20)15-26(11-12-27)10-8-17-2-5-21-18(13-17)7-9-24-21/h1-7,9,13-14,24,27,29H,8,10-12,15H2,(H,25,28)/b6-3+. The van der Waals surface area contributed by atoms with Crippen molar-refractivity contribution in [2.24, 2.45) is 0 Å². The van der Waals surface area contributed by atoms with Crippen LogP contribution in [0, 0.1) is 5.82 Å². The average Bonchev–Trinajstić information content (AvgIpc) is 3.20. The molecule has 0 aliphatic heterocycles. The molecule has 2 aromatic carbocycles. The van der Waals surface area contributed by atoms with Crippen LogP contribution < -0.4 is 5.48 Å². The zero-order chi connectivity index (χ0) is 20.6. The molecule has 0 bridgehead atoms. The molecule has 1 heterocycles. The van der Waals surface area contributed by atoms with Gasteiger partial charge in [0.2, 0.25) is 0 Å². The molecule has 0 atom stereocenters. The molecule has 0 saturated heterocycles. The molecule has 0 fully saturated rings. The number of amides is 1. The number of carbonyl (C=O) groups is 1. The van der Waals surface area contributed by atoms with Gasteiger partial charge in [-0.25, -0.2) is 9.87 Å². The first kappa shape index (κ1) is 20.7. The van der Waals surface area contributed by atoms with Crippen LogP contribution in [0.4, 0.5) is 4.39 Å². The monoisotopic (exact) mass is 397 g/mol. The van der Waals surface area contributed by atoms with Crippen LogP contribution in [0.15, 0.2) is 54.7 Å². The van der Waals surface area contributed by atoms with E-state index in [1.165, 1.54) is 23.2 Å². The third-order valence-corrected chi connectivity index (χ3v) is 4.76. The molecule has 6 nitrogen and oxygen atoms in total. The summed E-state index contributed by atoms with van der Waals surface area (Å²) in [5.41, 5.74) is 4.79. The van der Waals surface area contributed by atoms with Crippen molar-refractivity contribution in [1.29, 1.82) is 0 Å². The number of aliphatic hydroxyl groups is 1. The number of benzene rings is 2. The Morgan fingerprint density at radius 3 is 2.79 bits per heavy atom. The van der Waals surface area contributed by atoms with E-state index in [1.807, 2.05) is 23.2 Å². The Labute approximate surface area is 168 Å². The van der Waals surface area contributed by atoms with Crippen LogP contribution in [0.1, 0.15) is 16.7 Å². The maximum absolute atomic E-state index is 14.5. The molecule has 0 unspecified atom stereocenters. The topological polar surface area (TPSA) is 88.6 Å². The molecule has 29 heavy (non-hydrogen) atoms. The van der Waals surface area contributed by atoms with Crippen molar-refractivity contribution in [3.63, 3.8) is 0 Å².